The average molecular weight is 265 g/mol. The second kappa shape index (κ2) is 6.98. The van der Waals surface area contributed by atoms with E-state index >= 15 is 0 Å². The zero-order valence-corrected chi connectivity index (χ0v) is 11.9. The lowest BCUT2D eigenvalue weighted by molar-refractivity contribution is 0.154. The molecule has 1 aliphatic rings. The van der Waals surface area contributed by atoms with Crippen LogP contribution >= 0.6 is 0 Å². The van der Waals surface area contributed by atoms with E-state index in [0.717, 1.165) is 44.8 Å². The molecule has 1 fully saturated rings. The maximum Gasteiger partial charge on any atom is 0.123 e. The van der Waals surface area contributed by atoms with Gasteiger partial charge in [0.25, 0.3) is 0 Å². The summed E-state index contributed by atoms with van der Waals surface area (Å²) in [6.07, 6.45) is 0. The van der Waals surface area contributed by atoms with Gasteiger partial charge in [-0.25, -0.2) is 4.39 Å². The highest BCUT2D eigenvalue weighted by Gasteiger charge is 2.13. The molecule has 0 amide bonds. The van der Waals surface area contributed by atoms with Crippen molar-refractivity contribution in [3.8, 4) is 0 Å². The molecule has 0 unspecified atom stereocenters. The van der Waals surface area contributed by atoms with E-state index < -0.39 is 0 Å². The number of nitrogens with zero attached hydrogens (tertiary/aromatic N) is 2. The summed E-state index contributed by atoms with van der Waals surface area (Å²) in [6, 6.07) is 7.02. The van der Waals surface area contributed by atoms with Crippen molar-refractivity contribution in [1.29, 1.82) is 0 Å². The van der Waals surface area contributed by atoms with Crippen LogP contribution in [0.4, 0.5) is 4.39 Å². The maximum absolute atomic E-state index is 13.1. The first-order valence-electron chi connectivity index (χ1n) is 7.05. The smallest absolute Gasteiger partial charge is 0.123 e. The molecular weight excluding hydrogens is 241 g/mol. The van der Waals surface area contributed by atoms with Crippen LogP contribution in [-0.2, 0) is 0 Å². The van der Waals surface area contributed by atoms with Crippen LogP contribution in [0.25, 0.3) is 0 Å². The molecule has 1 heterocycles. The van der Waals surface area contributed by atoms with Crippen molar-refractivity contribution >= 4 is 0 Å². The molecule has 0 aromatic heterocycles. The van der Waals surface area contributed by atoms with E-state index in [2.05, 4.69) is 29.1 Å². The van der Waals surface area contributed by atoms with Crippen molar-refractivity contribution in [2.45, 2.75) is 13.0 Å². The highest BCUT2D eigenvalue weighted by molar-refractivity contribution is 5.19. The number of rotatable bonds is 5. The molecule has 4 heteroatoms. The molecule has 1 aromatic rings. The van der Waals surface area contributed by atoms with Gasteiger partial charge in [0, 0.05) is 45.3 Å². The zero-order valence-electron chi connectivity index (χ0n) is 11.9. The summed E-state index contributed by atoms with van der Waals surface area (Å²) in [5, 5.41) is 3.46. The van der Waals surface area contributed by atoms with E-state index in [4.69, 9.17) is 0 Å². The van der Waals surface area contributed by atoms with Crippen LogP contribution in [0.15, 0.2) is 24.3 Å². The van der Waals surface area contributed by atoms with Crippen molar-refractivity contribution in [3.63, 3.8) is 0 Å². The molecule has 0 bridgehead atoms. The summed E-state index contributed by atoms with van der Waals surface area (Å²) >= 11 is 0. The van der Waals surface area contributed by atoms with Gasteiger partial charge in [-0.15, -0.1) is 0 Å². The standard InChI is InChI=1S/C15H24FN3/c1-13(14-4-3-5-15(16)12-14)17-6-7-19-10-8-18(2)9-11-19/h3-5,12-13,17H,6-11H2,1-2H3/t13-/m1/s1. The maximum atomic E-state index is 13.1. The molecule has 1 atom stereocenters. The summed E-state index contributed by atoms with van der Waals surface area (Å²) in [4.78, 5) is 4.84. The third kappa shape index (κ3) is 4.56. The van der Waals surface area contributed by atoms with E-state index in [-0.39, 0.29) is 11.9 Å². The molecule has 1 N–H and O–H groups in total. The van der Waals surface area contributed by atoms with Gasteiger partial charge in [-0.1, -0.05) is 12.1 Å². The number of nitrogens with one attached hydrogen (secondary N) is 1. The quantitative estimate of drug-likeness (QED) is 0.874. The molecule has 0 spiro atoms. The summed E-state index contributed by atoms with van der Waals surface area (Å²) in [5.41, 5.74) is 1.01. The Hall–Kier alpha value is -0.970. The molecule has 3 nitrogen and oxygen atoms in total. The monoisotopic (exact) mass is 265 g/mol. The number of halogens is 1. The Morgan fingerprint density at radius 2 is 2.00 bits per heavy atom. The minimum atomic E-state index is -0.162. The molecule has 19 heavy (non-hydrogen) atoms. The third-order valence-corrected chi connectivity index (χ3v) is 3.82. The largest absolute Gasteiger partial charge is 0.309 e. The van der Waals surface area contributed by atoms with Crippen molar-refractivity contribution in [3.05, 3.63) is 35.6 Å². The van der Waals surface area contributed by atoms with Crippen LogP contribution in [-0.4, -0.2) is 56.1 Å². The molecule has 0 radical (unpaired) electrons. The predicted molar refractivity (Wildman–Crippen MR) is 76.8 cm³/mol. The molecule has 1 aromatic carbocycles. The minimum absolute atomic E-state index is 0.162. The second-order valence-corrected chi connectivity index (χ2v) is 5.38. The van der Waals surface area contributed by atoms with Crippen molar-refractivity contribution in [1.82, 2.24) is 15.1 Å². The van der Waals surface area contributed by atoms with Crippen molar-refractivity contribution in [2.75, 3.05) is 46.3 Å². The van der Waals surface area contributed by atoms with Crippen LogP contribution in [0.2, 0.25) is 0 Å². The Balaban J connectivity index is 1.70. The summed E-state index contributed by atoms with van der Waals surface area (Å²) < 4.78 is 13.1. The molecule has 1 aliphatic heterocycles. The molecule has 2 rings (SSSR count). The van der Waals surface area contributed by atoms with E-state index in [1.807, 2.05) is 6.07 Å². The first kappa shape index (κ1) is 14.4. The van der Waals surface area contributed by atoms with E-state index in [1.54, 1.807) is 12.1 Å². The highest BCUT2D eigenvalue weighted by atomic mass is 19.1. The first-order chi connectivity index (χ1) is 9.15. The van der Waals surface area contributed by atoms with E-state index in [1.165, 1.54) is 6.07 Å². The molecule has 0 saturated carbocycles. The fourth-order valence-electron chi connectivity index (χ4n) is 2.40. The number of likely N-dealkylation sites (N-methyl/N-ethyl adjacent to an activating group) is 1. The third-order valence-electron chi connectivity index (χ3n) is 3.82. The lowest BCUT2D eigenvalue weighted by atomic mass is 10.1. The molecular formula is C15H24FN3. The molecule has 1 saturated heterocycles. The number of hydrogen-bond donors (Lipinski definition) is 1. The van der Waals surface area contributed by atoms with Gasteiger partial charge in [-0.2, -0.15) is 0 Å². The van der Waals surface area contributed by atoms with Crippen LogP contribution in [0, 0.1) is 5.82 Å². The van der Waals surface area contributed by atoms with Gasteiger partial charge in [-0.05, 0) is 31.7 Å². The Kier molecular flexibility index (Phi) is 5.31. The van der Waals surface area contributed by atoms with Crippen LogP contribution in [0.5, 0.6) is 0 Å². The van der Waals surface area contributed by atoms with E-state index in [9.17, 15) is 4.39 Å². The fourth-order valence-corrected chi connectivity index (χ4v) is 2.40. The summed E-state index contributed by atoms with van der Waals surface area (Å²) in [6.45, 7) is 8.69. The van der Waals surface area contributed by atoms with Gasteiger partial charge in [0.1, 0.15) is 5.82 Å². The van der Waals surface area contributed by atoms with Crippen molar-refractivity contribution < 1.29 is 4.39 Å². The van der Waals surface area contributed by atoms with Gasteiger partial charge >= 0.3 is 0 Å². The lowest BCUT2D eigenvalue weighted by Gasteiger charge is -2.32. The summed E-state index contributed by atoms with van der Waals surface area (Å²) in [7, 11) is 2.17. The van der Waals surface area contributed by atoms with Gasteiger partial charge < -0.3 is 10.2 Å². The van der Waals surface area contributed by atoms with Crippen LogP contribution in [0.3, 0.4) is 0 Å². The van der Waals surface area contributed by atoms with Gasteiger partial charge in [0.15, 0.2) is 0 Å². The zero-order chi connectivity index (χ0) is 13.7. The van der Waals surface area contributed by atoms with Crippen molar-refractivity contribution in [2.24, 2.45) is 0 Å². The first-order valence-corrected chi connectivity index (χ1v) is 7.05. The topological polar surface area (TPSA) is 18.5 Å². The Morgan fingerprint density at radius 3 is 2.68 bits per heavy atom. The van der Waals surface area contributed by atoms with Crippen LogP contribution in [0.1, 0.15) is 18.5 Å². The Bertz CT molecular complexity index is 389. The van der Waals surface area contributed by atoms with E-state index in [0.29, 0.717) is 0 Å². The highest BCUT2D eigenvalue weighted by Crippen LogP contribution is 2.13. The van der Waals surface area contributed by atoms with Gasteiger partial charge in [0.05, 0.1) is 0 Å². The normalized spacial score (nSPS) is 19.5. The minimum Gasteiger partial charge on any atom is -0.309 e. The van der Waals surface area contributed by atoms with Crippen LogP contribution < -0.4 is 5.32 Å². The van der Waals surface area contributed by atoms with Gasteiger partial charge in [0.2, 0.25) is 0 Å². The fraction of sp³-hybridized carbons (Fsp3) is 0.600. The summed E-state index contributed by atoms with van der Waals surface area (Å²) in [5.74, 6) is -0.162. The van der Waals surface area contributed by atoms with Gasteiger partial charge in [-0.3, -0.25) is 4.90 Å². The average Bonchev–Trinajstić information content (AvgIpc) is 2.41. The Morgan fingerprint density at radius 1 is 1.26 bits per heavy atom. The Labute approximate surface area is 115 Å². The number of benzene rings is 1. The predicted octanol–water partition coefficient (Wildman–Crippen LogP) is 1.72. The lowest BCUT2D eigenvalue weighted by Crippen LogP contribution is -2.46. The second-order valence-electron chi connectivity index (χ2n) is 5.38. The molecule has 0 aliphatic carbocycles. The number of piperazine rings is 1. The molecule has 106 valence electrons. The SMILES string of the molecule is C[C@@H](NCCN1CCN(C)CC1)c1cccc(F)c1. The number of hydrogen-bond acceptors (Lipinski definition) is 3.